The first-order valence-electron chi connectivity index (χ1n) is 12.6. The summed E-state index contributed by atoms with van der Waals surface area (Å²) in [6.45, 7) is 6.60. The summed E-state index contributed by atoms with van der Waals surface area (Å²) in [6.07, 6.45) is 5.38. The summed E-state index contributed by atoms with van der Waals surface area (Å²) >= 11 is 0. The topological polar surface area (TPSA) is 128 Å². The number of hydrogen-bond donors (Lipinski definition) is 3. The molecule has 2 aromatic heterocycles. The Morgan fingerprint density at radius 2 is 1.79 bits per heavy atom. The van der Waals surface area contributed by atoms with Crippen molar-refractivity contribution in [3.05, 3.63) is 54.2 Å². The first kappa shape index (κ1) is 27.3. The number of hydrogen-bond acceptors (Lipinski definition) is 10. The molecule has 204 valence electrons. The summed E-state index contributed by atoms with van der Waals surface area (Å²) in [4.78, 5) is 30.9. The maximum atomic E-state index is 12.8. The molecule has 0 spiro atoms. The highest BCUT2D eigenvalue weighted by molar-refractivity contribution is 7.92. The fourth-order valence-electron chi connectivity index (χ4n) is 3.88. The van der Waals surface area contributed by atoms with E-state index in [1.165, 1.54) is 11.9 Å². The number of nitrogens with zero attached hydrogens (tertiary/aromatic N) is 6. The number of piperazine rings is 1. The van der Waals surface area contributed by atoms with E-state index in [0.29, 0.717) is 29.9 Å². The van der Waals surface area contributed by atoms with Crippen LogP contribution < -0.4 is 20.9 Å². The van der Waals surface area contributed by atoms with Crippen LogP contribution in [0.2, 0.25) is 0 Å². The lowest BCUT2D eigenvalue weighted by atomic mass is 10.2. The van der Waals surface area contributed by atoms with Crippen molar-refractivity contribution in [2.75, 3.05) is 67.8 Å². The summed E-state index contributed by atoms with van der Waals surface area (Å²) in [5, 5.41) is 9.20. The molecule has 0 aliphatic carbocycles. The second kappa shape index (κ2) is 12.2. The number of carbonyl (C=O) groups excluding carboxylic acids is 1. The third kappa shape index (κ3) is 7.62. The van der Waals surface area contributed by atoms with Crippen LogP contribution in [-0.2, 0) is 9.73 Å². The minimum atomic E-state index is -2.37. The number of nitrogens with one attached hydrogen (secondary N) is 3. The quantitative estimate of drug-likeness (QED) is 0.371. The molecule has 12 heteroatoms. The van der Waals surface area contributed by atoms with Gasteiger partial charge in [-0.1, -0.05) is 13.0 Å². The third-order valence-corrected chi connectivity index (χ3v) is 6.48. The highest BCUT2D eigenvalue weighted by Crippen LogP contribution is 2.24. The van der Waals surface area contributed by atoms with Crippen molar-refractivity contribution >= 4 is 50.4 Å². The maximum absolute atomic E-state index is 12.8. The Balaban J connectivity index is 0.00000420. The zero-order chi connectivity index (χ0) is 27.1. The van der Waals surface area contributed by atoms with Crippen LogP contribution in [0, 0.1) is 0 Å². The van der Waals surface area contributed by atoms with E-state index in [0.717, 1.165) is 38.3 Å². The van der Waals surface area contributed by atoms with E-state index in [1.807, 2.05) is 19.1 Å². The van der Waals surface area contributed by atoms with Crippen LogP contribution >= 0.6 is 0 Å². The fraction of sp³-hybridized carbons (Fsp3) is 0.385. The molecule has 0 bridgehead atoms. The molecule has 0 atom stereocenters. The van der Waals surface area contributed by atoms with Gasteiger partial charge in [-0.05, 0) is 49.9 Å². The molecule has 3 aromatic rings. The average Bonchev–Trinajstić information content (AvgIpc) is 2.88. The maximum Gasteiger partial charge on any atom is 0.256 e. The summed E-state index contributed by atoms with van der Waals surface area (Å²) in [6, 6.07) is 13.3. The van der Waals surface area contributed by atoms with Gasteiger partial charge in [0.15, 0.2) is 5.82 Å². The second-order valence-corrected chi connectivity index (χ2v) is 12.0. The van der Waals surface area contributed by atoms with Crippen molar-refractivity contribution in [1.82, 2.24) is 25.2 Å². The van der Waals surface area contributed by atoms with Crippen molar-refractivity contribution < 1.29 is 10.4 Å². The molecule has 1 aromatic carbocycles. The summed E-state index contributed by atoms with van der Waals surface area (Å²) in [5.41, 5.74) is 2.29. The Hall–Kier alpha value is -3.77. The van der Waals surface area contributed by atoms with E-state index in [1.54, 1.807) is 30.7 Å². The number of amides is 1. The average molecular weight is 540 g/mol. The first-order valence-corrected chi connectivity index (χ1v) is 14.9. The number of benzene rings is 1. The monoisotopic (exact) mass is 539 g/mol. The van der Waals surface area contributed by atoms with Crippen molar-refractivity contribution in [2.24, 2.45) is 4.36 Å². The SMILES string of the molecule is CCCNC(=O)c1cnc(Nc2ccc(N3CCN(C)CC3)cc2)nc1Nc1cccc(N=S(C)(C)=O)n1.[HH]. The van der Waals surface area contributed by atoms with Crippen LogP contribution in [-0.4, -0.2) is 82.3 Å². The van der Waals surface area contributed by atoms with Gasteiger partial charge in [0.2, 0.25) is 5.95 Å². The van der Waals surface area contributed by atoms with Crippen molar-refractivity contribution in [3.8, 4) is 0 Å². The molecule has 38 heavy (non-hydrogen) atoms. The predicted molar refractivity (Wildman–Crippen MR) is 156 cm³/mol. The van der Waals surface area contributed by atoms with Crippen molar-refractivity contribution in [1.29, 1.82) is 0 Å². The number of aromatic nitrogens is 3. The number of pyridine rings is 1. The van der Waals surface area contributed by atoms with E-state index >= 15 is 0 Å². The minimum Gasteiger partial charge on any atom is -0.369 e. The number of likely N-dealkylation sites (N-methyl/N-ethyl adjacent to an activating group) is 1. The molecule has 0 radical (unpaired) electrons. The van der Waals surface area contributed by atoms with Gasteiger partial charge < -0.3 is 25.8 Å². The number of anilines is 5. The third-order valence-electron chi connectivity index (χ3n) is 5.86. The van der Waals surface area contributed by atoms with Gasteiger partial charge in [0.1, 0.15) is 17.2 Å². The Morgan fingerprint density at radius 1 is 1.05 bits per heavy atom. The van der Waals surface area contributed by atoms with E-state index in [4.69, 9.17) is 0 Å². The highest BCUT2D eigenvalue weighted by atomic mass is 32.2. The second-order valence-electron chi connectivity index (χ2n) is 9.45. The normalized spacial score (nSPS) is 14.2. The van der Waals surface area contributed by atoms with E-state index in [9.17, 15) is 9.00 Å². The van der Waals surface area contributed by atoms with Crippen molar-refractivity contribution in [3.63, 3.8) is 0 Å². The van der Waals surface area contributed by atoms with Gasteiger partial charge in [0, 0.05) is 74.0 Å². The van der Waals surface area contributed by atoms with Gasteiger partial charge in [0.25, 0.3) is 5.91 Å². The van der Waals surface area contributed by atoms with Gasteiger partial charge in [-0.3, -0.25) is 4.79 Å². The Morgan fingerprint density at radius 3 is 2.47 bits per heavy atom. The van der Waals surface area contributed by atoms with Gasteiger partial charge in [-0.15, -0.1) is 0 Å². The first-order chi connectivity index (χ1) is 18.2. The fourth-order valence-corrected chi connectivity index (χ4v) is 4.43. The van der Waals surface area contributed by atoms with Gasteiger partial charge in [0.05, 0.1) is 0 Å². The molecule has 4 rings (SSSR count). The van der Waals surface area contributed by atoms with Crippen molar-refractivity contribution in [2.45, 2.75) is 13.3 Å². The standard InChI is InChI=1S/C26H35N9O2S.H2/c1-5-13-27-25(36)21-18-28-26(29-19-9-11-20(12-10-19)35-16-14-34(2)15-17-35)32-24(21)31-22-7-6-8-23(30-22)33-38(3,4)37;/h6-12,18H,5,13-17H2,1-4H3,(H,27,36)(H2,28,29,30,31,32);1H. The lowest BCUT2D eigenvalue weighted by molar-refractivity contribution is 0.0954. The largest absolute Gasteiger partial charge is 0.369 e. The molecule has 1 saturated heterocycles. The van der Waals surface area contributed by atoms with Crippen LogP contribution in [0.3, 0.4) is 0 Å². The number of rotatable bonds is 9. The van der Waals surface area contributed by atoms with E-state index in [-0.39, 0.29) is 12.9 Å². The lowest BCUT2D eigenvalue weighted by Gasteiger charge is -2.34. The van der Waals surface area contributed by atoms with E-state index in [2.05, 4.69) is 64.2 Å². The molecule has 11 nitrogen and oxygen atoms in total. The molecular weight excluding hydrogens is 502 g/mol. The molecule has 3 heterocycles. The highest BCUT2D eigenvalue weighted by Gasteiger charge is 2.17. The molecule has 1 amide bonds. The summed E-state index contributed by atoms with van der Waals surface area (Å²) in [7, 11) is -0.232. The lowest BCUT2D eigenvalue weighted by Crippen LogP contribution is -2.44. The van der Waals surface area contributed by atoms with Gasteiger partial charge in [-0.2, -0.15) is 9.35 Å². The van der Waals surface area contributed by atoms with Gasteiger partial charge in [-0.25, -0.2) is 14.2 Å². The summed E-state index contributed by atoms with van der Waals surface area (Å²) in [5.74, 6) is 1.08. The molecule has 3 N–H and O–H groups in total. The molecule has 0 saturated carbocycles. The minimum absolute atomic E-state index is 0. The molecule has 1 fully saturated rings. The smallest absolute Gasteiger partial charge is 0.256 e. The zero-order valence-electron chi connectivity index (χ0n) is 22.3. The number of carbonyl (C=O) groups is 1. The Kier molecular flexibility index (Phi) is 8.74. The van der Waals surface area contributed by atoms with Gasteiger partial charge >= 0.3 is 0 Å². The Bertz CT molecular complexity index is 1380. The van der Waals surface area contributed by atoms with E-state index < -0.39 is 9.73 Å². The van der Waals surface area contributed by atoms with Crippen LogP contribution in [0.25, 0.3) is 0 Å². The molecule has 1 aliphatic heterocycles. The molecule has 1 aliphatic rings. The summed E-state index contributed by atoms with van der Waals surface area (Å²) < 4.78 is 16.3. The molecular formula is C26H37N9O2S. The predicted octanol–water partition coefficient (Wildman–Crippen LogP) is 3.86. The molecule has 0 unspecified atom stereocenters. The van der Waals surface area contributed by atoms with Crippen LogP contribution in [0.5, 0.6) is 0 Å². The van der Waals surface area contributed by atoms with Crippen LogP contribution in [0.4, 0.5) is 34.8 Å². The van der Waals surface area contributed by atoms with Crippen LogP contribution in [0.15, 0.2) is 53.0 Å². The Labute approximate surface area is 225 Å². The van der Waals surface area contributed by atoms with Crippen LogP contribution in [0.1, 0.15) is 25.1 Å². The zero-order valence-corrected chi connectivity index (χ0v) is 23.1.